The van der Waals surface area contributed by atoms with Crippen LogP contribution in [0.3, 0.4) is 0 Å². The van der Waals surface area contributed by atoms with Crippen molar-refractivity contribution in [2.45, 2.75) is 26.7 Å². The van der Waals surface area contributed by atoms with Crippen LogP contribution in [0.5, 0.6) is 0 Å². The molecule has 0 spiro atoms. The molecule has 12 nitrogen and oxygen atoms in total. The summed E-state index contributed by atoms with van der Waals surface area (Å²) in [5.41, 5.74) is 2.26. The molecular weight excluding hydrogens is 396 g/mol. The van der Waals surface area contributed by atoms with Crippen LogP contribution in [0.1, 0.15) is 24.6 Å². The summed E-state index contributed by atoms with van der Waals surface area (Å²) in [5.74, 6) is -0.663. The number of carbonyl (C=O) groups is 2. The third kappa shape index (κ3) is 6.44. The molecule has 0 saturated carbocycles. The van der Waals surface area contributed by atoms with Crippen molar-refractivity contribution in [2.24, 2.45) is 5.10 Å². The molecule has 2 rings (SSSR count). The van der Waals surface area contributed by atoms with E-state index in [1.807, 2.05) is 0 Å². The average molecular weight is 414 g/mol. The van der Waals surface area contributed by atoms with E-state index in [2.05, 4.69) is 20.8 Å². The number of rotatable bonds is 8. The summed E-state index contributed by atoms with van der Waals surface area (Å²) in [6.45, 7) is 3.31. The lowest BCUT2D eigenvalue weighted by molar-refractivity contribution is -0.394. The third-order valence-corrected chi connectivity index (χ3v) is 3.77. The van der Waals surface area contributed by atoms with Gasteiger partial charge in [-0.25, -0.2) is 10.4 Å². The molecule has 1 aromatic carbocycles. The quantitative estimate of drug-likeness (QED) is 0.379. The lowest BCUT2D eigenvalue weighted by Gasteiger charge is -2.06. The molecule has 12 heteroatoms. The van der Waals surface area contributed by atoms with Gasteiger partial charge in [0.2, 0.25) is 11.8 Å². The van der Waals surface area contributed by atoms with Crippen molar-refractivity contribution in [3.8, 4) is 0 Å². The molecule has 0 atom stereocenters. The molecule has 0 aliphatic heterocycles. The number of non-ortho nitro benzene ring substituents is 1. The summed E-state index contributed by atoms with van der Waals surface area (Å²) in [6.07, 6.45) is -0.516. The number of nitrogens with one attached hydrogen (secondary N) is 2. The van der Waals surface area contributed by atoms with Crippen LogP contribution in [0.25, 0.3) is 0 Å². The lowest BCUT2D eigenvalue weighted by atomic mass is 10.1. The Bertz CT molecular complexity index is 1040. The van der Waals surface area contributed by atoms with E-state index in [1.165, 1.54) is 6.92 Å². The molecule has 0 radical (unpaired) electrons. The number of hydrogen-bond donors (Lipinski definition) is 2. The average Bonchev–Trinajstić information content (AvgIpc) is 2.66. The maximum Gasteiger partial charge on any atom is 0.279 e. The Labute approximate surface area is 170 Å². The molecule has 1 aromatic heterocycles. The second kappa shape index (κ2) is 9.82. The Balaban J connectivity index is 1.96. The Hall–Kier alpha value is -4.22. The number of hydrazone groups is 1. The molecular formula is C18H18N6O6. The number of carbonyl (C=O) groups excluding carboxylic acids is 2. The number of nitrogens with zero attached hydrogens (tertiary/aromatic N) is 4. The van der Waals surface area contributed by atoms with Crippen molar-refractivity contribution in [1.29, 1.82) is 0 Å². The largest absolute Gasteiger partial charge is 0.310 e. The Morgan fingerprint density at radius 1 is 1.10 bits per heavy atom. The number of nitro benzene ring substituents is 2. The Morgan fingerprint density at radius 2 is 1.83 bits per heavy atom. The van der Waals surface area contributed by atoms with Crippen molar-refractivity contribution in [3.05, 3.63) is 67.9 Å². The third-order valence-electron chi connectivity index (χ3n) is 3.77. The fourth-order valence-electron chi connectivity index (χ4n) is 2.43. The molecule has 2 N–H and O–H groups in total. The van der Waals surface area contributed by atoms with E-state index in [9.17, 15) is 29.8 Å². The van der Waals surface area contributed by atoms with Gasteiger partial charge in [0.1, 0.15) is 5.82 Å². The molecule has 0 bridgehead atoms. The van der Waals surface area contributed by atoms with E-state index < -0.39 is 33.5 Å². The number of anilines is 1. The minimum absolute atomic E-state index is 0.000724. The number of amides is 2. The van der Waals surface area contributed by atoms with Crippen LogP contribution in [0.2, 0.25) is 0 Å². The van der Waals surface area contributed by atoms with E-state index in [4.69, 9.17) is 0 Å². The van der Waals surface area contributed by atoms with Crippen molar-refractivity contribution in [2.75, 3.05) is 5.32 Å². The minimum atomic E-state index is -0.798. The van der Waals surface area contributed by atoms with Crippen molar-refractivity contribution >= 4 is 34.7 Å². The summed E-state index contributed by atoms with van der Waals surface area (Å²) in [5, 5.41) is 28.3. The van der Waals surface area contributed by atoms with Crippen molar-refractivity contribution in [3.63, 3.8) is 0 Å². The molecule has 0 saturated heterocycles. The standard InChI is InChI=1S/C18H18N6O6/c1-11-4-3-5-16(19-11)20-17(25)8-12(2)21-22-18(26)9-13-6-7-14(23(27)28)10-15(13)24(29)30/h3-7,10H,8-9H2,1-2H3,(H,22,26)(H,19,20,25). The van der Waals surface area contributed by atoms with Crippen LogP contribution in [0.4, 0.5) is 17.2 Å². The highest BCUT2D eigenvalue weighted by Crippen LogP contribution is 2.25. The van der Waals surface area contributed by atoms with Gasteiger partial charge in [0.15, 0.2) is 0 Å². The summed E-state index contributed by atoms with van der Waals surface area (Å²) in [7, 11) is 0. The Morgan fingerprint density at radius 3 is 2.47 bits per heavy atom. The molecule has 2 aromatic rings. The van der Waals surface area contributed by atoms with Gasteiger partial charge in [-0.05, 0) is 32.0 Å². The fraction of sp³-hybridized carbons (Fsp3) is 0.222. The lowest BCUT2D eigenvalue weighted by Crippen LogP contribution is -2.23. The predicted molar refractivity (Wildman–Crippen MR) is 107 cm³/mol. The molecule has 0 aliphatic carbocycles. The maximum atomic E-state index is 12.0. The highest BCUT2D eigenvalue weighted by Gasteiger charge is 2.21. The highest BCUT2D eigenvalue weighted by molar-refractivity contribution is 6.05. The number of pyridine rings is 1. The topological polar surface area (TPSA) is 170 Å². The van der Waals surface area contributed by atoms with Crippen LogP contribution in [0.15, 0.2) is 41.5 Å². The van der Waals surface area contributed by atoms with E-state index >= 15 is 0 Å². The zero-order valence-electron chi connectivity index (χ0n) is 16.1. The van der Waals surface area contributed by atoms with Gasteiger partial charge in [0.05, 0.1) is 28.8 Å². The van der Waals surface area contributed by atoms with Gasteiger partial charge in [-0.3, -0.25) is 29.8 Å². The first-order valence-corrected chi connectivity index (χ1v) is 8.63. The first kappa shape index (κ1) is 22.1. The van der Waals surface area contributed by atoms with Gasteiger partial charge >= 0.3 is 0 Å². The van der Waals surface area contributed by atoms with Crippen LogP contribution in [0, 0.1) is 27.2 Å². The number of nitro groups is 2. The molecule has 156 valence electrons. The van der Waals surface area contributed by atoms with Gasteiger partial charge in [-0.15, -0.1) is 0 Å². The summed E-state index contributed by atoms with van der Waals surface area (Å²) in [4.78, 5) is 48.5. The van der Waals surface area contributed by atoms with E-state index in [-0.39, 0.29) is 17.9 Å². The van der Waals surface area contributed by atoms with Crippen LogP contribution in [-0.4, -0.2) is 32.4 Å². The fourth-order valence-corrected chi connectivity index (χ4v) is 2.43. The molecule has 0 fully saturated rings. The van der Waals surface area contributed by atoms with Crippen molar-refractivity contribution in [1.82, 2.24) is 10.4 Å². The number of aromatic nitrogens is 1. The molecule has 2 amide bonds. The van der Waals surface area contributed by atoms with E-state index in [0.717, 1.165) is 23.9 Å². The smallest absolute Gasteiger partial charge is 0.279 e. The van der Waals surface area contributed by atoms with Gasteiger partial charge in [0.25, 0.3) is 11.4 Å². The number of aryl methyl sites for hydroxylation is 1. The second-order valence-corrected chi connectivity index (χ2v) is 6.28. The first-order chi connectivity index (χ1) is 14.2. The first-order valence-electron chi connectivity index (χ1n) is 8.63. The predicted octanol–water partition coefficient (Wildman–Crippen LogP) is 2.27. The van der Waals surface area contributed by atoms with Crippen molar-refractivity contribution < 1.29 is 19.4 Å². The zero-order chi connectivity index (χ0) is 22.3. The van der Waals surface area contributed by atoms with Gasteiger partial charge < -0.3 is 5.32 Å². The molecule has 0 aliphatic rings. The van der Waals surface area contributed by atoms with Gasteiger partial charge in [0, 0.05) is 23.0 Å². The summed E-state index contributed by atoms with van der Waals surface area (Å²) < 4.78 is 0. The van der Waals surface area contributed by atoms with Gasteiger partial charge in [-0.1, -0.05) is 6.07 Å². The van der Waals surface area contributed by atoms with Gasteiger partial charge in [-0.2, -0.15) is 5.10 Å². The maximum absolute atomic E-state index is 12.0. The monoisotopic (exact) mass is 414 g/mol. The summed E-state index contributed by atoms with van der Waals surface area (Å²) in [6, 6.07) is 8.18. The number of hydrogen-bond acceptors (Lipinski definition) is 8. The van der Waals surface area contributed by atoms with Crippen LogP contribution >= 0.6 is 0 Å². The van der Waals surface area contributed by atoms with Crippen LogP contribution < -0.4 is 10.7 Å². The normalized spacial score (nSPS) is 10.9. The highest BCUT2D eigenvalue weighted by atomic mass is 16.6. The minimum Gasteiger partial charge on any atom is -0.310 e. The van der Waals surface area contributed by atoms with E-state index in [0.29, 0.717) is 11.5 Å². The summed E-state index contributed by atoms with van der Waals surface area (Å²) >= 11 is 0. The zero-order valence-corrected chi connectivity index (χ0v) is 16.1. The number of benzene rings is 1. The second-order valence-electron chi connectivity index (χ2n) is 6.28. The molecule has 1 heterocycles. The molecule has 30 heavy (non-hydrogen) atoms. The van der Waals surface area contributed by atoms with E-state index in [1.54, 1.807) is 25.1 Å². The molecule has 0 unspecified atom stereocenters. The Kier molecular flexibility index (Phi) is 7.22. The van der Waals surface area contributed by atoms with Crippen LogP contribution in [-0.2, 0) is 16.0 Å². The SMILES string of the molecule is CC(CC(=O)Nc1cccc(C)n1)=NNC(=O)Cc1ccc([N+](=O)[O-])cc1[N+](=O)[O-].